The third-order valence-corrected chi connectivity index (χ3v) is 3.49. The lowest BCUT2D eigenvalue weighted by Gasteiger charge is -2.21. The van der Waals surface area contributed by atoms with Crippen molar-refractivity contribution in [3.63, 3.8) is 0 Å². The first-order valence-electron chi connectivity index (χ1n) is 6.75. The summed E-state index contributed by atoms with van der Waals surface area (Å²) in [5.41, 5.74) is 2.27. The van der Waals surface area contributed by atoms with Crippen LogP contribution in [-0.4, -0.2) is 7.11 Å². The van der Waals surface area contributed by atoms with Crippen molar-refractivity contribution in [2.24, 2.45) is 0 Å². The fourth-order valence-corrected chi connectivity index (χ4v) is 2.21. The molecule has 0 aromatic heterocycles. The number of ether oxygens (including phenoxy) is 1. The molecule has 0 spiro atoms. The molecule has 2 atom stereocenters. The second kappa shape index (κ2) is 6.53. The first-order chi connectivity index (χ1) is 9.60. The molecule has 0 heterocycles. The maximum absolute atomic E-state index is 12.9. The van der Waals surface area contributed by atoms with Crippen molar-refractivity contribution in [2.45, 2.75) is 25.9 Å². The summed E-state index contributed by atoms with van der Waals surface area (Å²) >= 11 is 0. The Bertz CT molecular complexity index is 536. The Labute approximate surface area is 119 Å². The summed E-state index contributed by atoms with van der Waals surface area (Å²) in [6, 6.07) is 15.0. The number of halogens is 1. The minimum Gasteiger partial charge on any atom is -0.497 e. The maximum Gasteiger partial charge on any atom is 0.123 e. The predicted molar refractivity (Wildman–Crippen MR) is 79.4 cm³/mol. The molecular formula is C17H20FNO. The molecule has 0 aliphatic carbocycles. The van der Waals surface area contributed by atoms with Gasteiger partial charge in [0.25, 0.3) is 0 Å². The summed E-state index contributed by atoms with van der Waals surface area (Å²) in [6.45, 7) is 4.19. The highest BCUT2D eigenvalue weighted by molar-refractivity contribution is 5.29. The number of nitrogens with one attached hydrogen (secondary N) is 1. The van der Waals surface area contributed by atoms with Crippen LogP contribution in [0.15, 0.2) is 48.5 Å². The molecule has 2 rings (SSSR count). The smallest absolute Gasteiger partial charge is 0.123 e. The van der Waals surface area contributed by atoms with E-state index in [-0.39, 0.29) is 17.9 Å². The van der Waals surface area contributed by atoms with Crippen LogP contribution in [0.25, 0.3) is 0 Å². The topological polar surface area (TPSA) is 21.3 Å². The second-order valence-electron chi connectivity index (χ2n) is 4.93. The third-order valence-electron chi connectivity index (χ3n) is 3.49. The molecule has 0 saturated heterocycles. The lowest BCUT2D eigenvalue weighted by molar-refractivity contribution is 0.414. The first-order valence-corrected chi connectivity index (χ1v) is 6.75. The van der Waals surface area contributed by atoms with E-state index >= 15 is 0 Å². The number of rotatable bonds is 5. The van der Waals surface area contributed by atoms with Gasteiger partial charge in [-0.1, -0.05) is 24.3 Å². The number of hydrogen-bond acceptors (Lipinski definition) is 2. The van der Waals surface area contributed by atoms with Crippen LogP contribution in [0.1, 0.15) is 37.1 Å². The number of methoxy groups -OCH3 is 1. The molecule has 2 unspecified atom stereocenters. The van der Waals surface area contributed by atoms with Crippen molar-refractivity contribution in [3.05, 3.63) is 65.5 Å². The largest absolute Gasteiger partial charge is 0.497 e. The molecule has 0 bridgehead atoms. The van der Waals surface area contributed by atoms with Crippen LogP contribution < -0.4 is 10.1 Å². The van der Waals surface area contributed by atoms with Crippen LogP contribution in [0.4, 0.5) is 4.39 Å². The average molecular weight is 273 g/mol. The summed E-state index contributed by atoms with van der Waals surface area (Å²) in [6.07, 6.45) is 0. The van der Waals surface area contributed by atoms with Crippen LogP contribution in [-0.2, 0) is 0 Å². The zero-order chi connectivity index (χ0) is 14.5. The predicted octanol–water partition coefficient (Wildman–Crippen LogP) is 4.25. The Kier molecular flexibility index (Phi) is 4.74. The van der Waals surface area contributed by atoms with E-state index in [9.17, 15) is 4.39 Å². The Balaban J connectivity index is 2.02. The lowest BCUT2D eigenvalue weighted by Crippen LogP contribution is -2.22. The van der Waals surface area contributed by atoms with Crippen LogP contribution in [0, 0.1) is 5.82 Å². The fraction of sp³-hybridized carbons (Fsp3) is 0.294. The third kappa shape index (κ3) is 3.58. The van der Waals surface area contributed by atoms with E-state index < -0.39 is 0 Å². The summed E-state index contributed by atoms with van der Waals surface area (Å²) < 4.78 is 18.1. The van der Waals surface area contributed by atoms with Crippen molar-refractivity contribution in [1.82, 2.24) is 5.32 Å². The summed E-state index contributed by atoms with van der Waals surface area (Å²) in [7, 11) is 1.66. The molecule has 106 valence electrons. The van der Waals surface area contributed by atoms with Gasteiger partial charge in [-0.3, -0.25) is 0 Å². The minimum atomic E-state index is -0.204. The molecule has 2 nitrogen and oxygen atoms in total. The Hall–Kier alpha value is -1.87. The normalized spacial score (nSPS) is 13.8. The van der Waals surface area contributed by atoms with Gasteiger partial charge in [0.15, 0.2) is 0 Å². The van der Waals surface area contributed by atoms with E-state index in [1.165, 1.54) is 17.7 Å². The highest BCUT2D eigenvalue weighted by Gasteiger charge is 2.11. The Morgan fingerprint density at radius 1 is 0.850 bits per heavy atom. The van der Waals surface area contributed by atoms with Crippen molar-refractivity contribution in [2.75, 3.05) is 7.11 Å². The highest BCUT2D eigenvalue weighted by atomic mass is 19.1. The van der Waals surface area contributed by atoms with Crippen LogP contribution >= 0.6 is 0 Å². The monoisotopic (exact) mass is 273 g/mol. The number of hydrogen-bond donors (Lipinski definition) is 1. The zero-order valence-corrected chi connectivity index (χ0v) is 12.1. The first kappa shape index (κ1) is 14.5. The van der Waals surface area contributed by atoms with Crippen LogP contribution in [0.2, 0.25) is 0 Å². The van der Waals surface area contributed by atoms with Crippen molar-refractivity contribution in [3.8, 4) is 5.75 Å². The van der Waals surface area contributed by atoms with Gasteiger partial charge in [-0.05, 0) is 49.2 Å². The summed E-state index contributed by atoms with van der Waals surface area (Å²) in [5, 5.41) is 3.51. The second-order valence-corrected chi connectivity index (χ2v) is 4.93. The van der Waals surface area contributed by atoms with E-state index in [1.54, 1.807) is 7.11 Å². The van der Waals surface area contributed by atoms with Gasteiger partial charge in [-0.2, -0.15) is 0 Å². The molecule has 0 amide bonds. The fourth-order valence-electron chi connectivity index (χ4n) is 2.21. The van der Waals surface area contributed by atoms with Gasteiger partial charge in [0.1, 0.15) is 11.6 Å². The van der Waals surface area contributed by atoms with Gasteiger partial charge in [0.05, 0.1) is 7.11 Å². The molecule has 0 aliphatic heterocycles. The van der Waals surface area contributed by atoms with Gasteiger partial charge in [0.2, 0.25) is 0 Å². The SMILES string of the molecule is COc1ccc(C(C)NC(C)c2ccc(F)cc2)cc1. The Morgan fingerprint density at radius 2 is 1.30 bits per heavy atom. The standard InChI is InChI=1S/C17H20FNO/c1-12(14-4-8-16(18)9-5-14)19-13(2)15-6-10-17(20-3)11-7-15/h4-13,19H,1-3H3. The van der Waals surface area contributed by atoms with Crippen LogP contribution in [0.5, 0.6) is 5.75 Å². The molecular weight excluding hydrogens is 253 g/mol. The highest BCUT2D eigenvalue weighted by Crippen LogP contribution is 2.21. The molecule has 0 aliphatic rings. The lowest BCUT2D eigenvalue weighted by atomic mass is 10.0. The van der Waals surface area contributed by atoms with Gasteiger partial charge < -0.3 is 10.1 Å². The average Bonchev–Trinajstić information content (AvgIpc) is 2.48. The van der Waals surface area contributed by atoms with Crippen LogP contribution in [0.3, 0.4) is 0 Å². The van der Waals surface area contributed by atoms with Crippen molar-refractivity contribution >= 4 is 0 Å². The van der Waals surface area contributed by atoms with Crippen molar-refractivity contribution < 1.29 is 9.13 Å². The zero-order valence-electron chi connectivity index (χ0n) is 12.1. The molecule has 2 aromatic carbocycles. The van der Waals surface area contributed by atoms with Gasteiger partial charge >= 0.3 is 0 Å². The molecule has 2 aromatic rings. The summed E-state index contributed by atoms with van der Waals surface area (Å²) in [5.74, 6) is 0.650. The van der Waals surface area contributed by atoms with E-state index in [0.29, 0.717) is 0 Å². The summed E-state index contributed by atoms with van der Waals surface area (Å²) in [4.78, 5) is 0. The van der Waals surface area contributed by atoms with E-state index in [2.05, 4.69) is 19.2 Å². The van der Waals surface area contributed by atoms with Gasteiger partial charge in [-0.25, -0.2) is 4.39 Å². The molecule has 0 radical (unpaired) electrons. The molecule has 1 N–H and O–H groups in total. The molecule has 0 saturated carbocycles. The maximum atomic E-state index is 12.9. The quantitative estimate of drug-likeness (QED) is 0.879. The molecule has 0 fully saturated rings. The van der Waals surface area contributed by atoms with Crippen molar-refractivity contribution in [1.29, 1.82) is 0 Å². The van der Waals surface area contributed by atoms with Gasteiger partial charge in [-0.15, -0.1) is 0 Å². The van der Waals surface area contributed by atoms with Gasteiger partial charge in [0, 0.05) is 12.1 Å². The van der Waals surface area contributed by atoms with E-state index in [1.807, 2.05) is 36.4 Å². The minimum absolute atomic E-state index is 0.160. The Morgan fingerprint density at radius 3 is 1.75 bits per heavy atom. The van der Waals surface area contributed by atoms with E-state index in [4.69, 9.17) is 4.74 Å². The van der Waals surface area contributed by atoms with E-state index in [0.717, 1.165) is 11.3 Å². The molecule has 20 heavy (non-hydrogen) atoms. The number of benzene rings is 2. The molecule has 3 heteroatoms.